The van der Waals surface area contributed by atoms with E-state index in [1.807, 2.05) is 0 Å². The van der Waals surface area contributed by atoms with Crippen LogP contribution in [0.4, 0.5) is 0 Å². The smallest absolute Gasteiger partial charge is 0.00219 e. The van der Waals surface area contributed by atoms with Gasteiger partial charge >= 0.3 is 0 Å². The molecule has 0 aliphatic heterocycles. The molecular weight excluding hydrogens is 182 g/mol. The summed E-state index contributed by atoms with van der Waals surface area (Å²) >= 11 is 0. The minimum Gasteiger partial charge on any atom is -0.307 e. The van der Waals surface area contributed by atoms with E-state index in [1.165, 1.54) is 44.3 Å². The first-order valence-electron chi connectivity index (χ1n) is 6.05. The van der Waals surface area contributed by atoms with Crippen LogP contribution in [0.3, 0.4) is 0 Å². The molecule has 15 heavy (non-hydrogen) atoms. The quantitative estimate of drug-likeness (QED) is 0.617. The maximum absolute atomic E-state index is 2.38. The average molecular weight is 205 g/mol. The van der Waals surface area contributed by atoms with Gasteiger partial charge in [0.1, 0.15) is 0 Å². The maximum Gasteiger partial charge on any atom is -0.00219 e. The van der Waals surface area contributed by atoms with E-state index in [1.54, 1.807) is 0 Å². The molecule has 0 bridgehead atoms. The van der Waals surface area contributed by atoms with Gasteiger partial charge < -0.3 is 4.90 Å². The number of nitrogens with zero attached hydrogens (tertiary/aromatic N) is 1. The Morgan fingerprint density at radius 2 is 1.73 bits per heavy atom. The fraction of sp³-hybridized carbons (Fsp3) is 0.571. The van der Waals surface area contributed by atoms with E-state index >= 15 is 0 Å². The van der Waals surface area contributed by atoms with Crippen molar-refractivity contribution in [3.8, 4) is 0 Å². The number of hydrogen-bond acceptors (Lipinski definition) is 1. The van der Waals surface area contributed by atoms with Crippen molar-refractivity contribution in [3.05, 3.63) is 35.9 Å². The number of aryl methyl sites for hydroxylation is 1. The Labute approximate surface area is 94.1 Å². The van der Waals surface area contributed by atoms with Crippen LogP contribution in [0.15, 0.2) is 30.3 Å². The molecule has 1 nitrogen and oxygen atoms in total. The van der Waals surface area contributed by atoms with Crippen molar-refractivity contribution in [2.75, 3.05) is 20.1 Å². The second-order valence-electron chi connectivity index (χ2n) is 4.19. The summed E-state index contributed by atoms with van der Waals surface area (Å²) < 4.78 is 0. The number of unbranched alkanes of at least 4 members (excludes halogenated alkanes) is 2. The molecule has 0 aliphatic rings. The van der Waals surface area contributed by atoms with Crippen LogP contribution >= 0.6 is 0 Å². The summed E-state index contributed by atoms with van der Waals surface area (Å²) in [6.45, 7) is 4.62. The summed E-state index contributed by atoms with van der Waals surface area (Å²) in [6.07, 6.45) is 5.23. The van der Waals surface area contributed by atoms with Crippen molar-refractivity contribution in [1.82, 2.24) is 4.90 Å². The van der Waals surface area contributed by atoms with Crippen molar-refractivity contribution in [3.63, 3.8) is 0 Å². The lowest BCUT2D eigenvalue weighted by Gasteiger charge is -2.12. The van der Waals surface area contributed by atoms with Gasteiger partial charge in [0.15, 0.2) is 0 Å². The summed E-state index contributed by atoms with van der Waals surface area (Å²) in [6, 6.07) is 10.8. The normalized spacial score (nSPS) is 10.9. The fourth-order valence-corrected chi connectivity index (χ4v) is 1.69. The Hall–Kier alpha value is -0.820. The first-order valence-corrected chi connectivity index (χ1v) is 6.05. The molecule has 0 aromatic heterocycles. The van der Waals surface area contributed by atoms with Gasteiger partial charge in [0.2, 0.25) is 0 Å². The van der Waals surface area contributed by atoms with Gasteiger partial charge in [-0.2, -0.15) is 0 Å². The van der Waals surface area contributed by atoms with Crippen molar-refractivity contribution in [1.29, 1.82) is 0 Å². The molecule has 0 N–H and O–H groups in total. The first-order chi connectivity index (χ1) is 7.33. The van der Waals surface area contributed by atoms with E-state index < -0.39 is 0 Å². The second-order valence-corrected chi connectivity index (χ2v) is 4.19. The minimum atomic E-state index is 1.17. The molecule has 0 fully saturated rings. The van der Waals surface area contributed by atoms with Crippen LogP contribution in [0.1, 0.15) is 31.7 Å². The largest absolute Gasteiger partial charge is 0.307 e. The Morgan fingerprint density at radius 1 is 1.00 bits per heavy atom. The highest BCUT2D eigenvalue weighted by Gasteiger charge is 1.95. The zero-order valence-electron chi connectivity index (χ0n) is 10.1. The summed E-state index contributed by atoms with van der Waals surface area (Å²) in [5.74, 6) is 0. The monoisotopic (exact) mass is 205 g/mol. The molecule has 1 aromatic rings. The molecular formula is C14H23N. The molecule has 1 aromatic carbocycles. The van der Waals surface area contributed by atoms with Crippen LogP contribution in [-0.4, -0.2) is 25.0 Å². The van der Waals surface area contributed by atoms with Gasteiger partial charge in [0.25, 0.3) is 0 Å². The van der Waals surface area contributed by atoms with E-state index in [2.05, 4.69) is 49.2 Å². The molecule has 1 rings (SSSR count). The van der Waals surface area contributed by atoms with Gasteiger partial charge in [-0.1, -0.05) is 43.7 Å². The van der Waals surface area contributed by atoms with E-state index in [0.29, 0.717) is 0 Å². The van der Waals surface area contributed by atoms with Crippen molar-refractivity contribution >= 4 is 0 Å². The third-order valence-electron chi connectivity index (χ3n) is 2.89. The molecule has 0 atom stereocenters. The Balaban J connectivity index is 2.03. The molecule has 0 spiro atoms. The molecule has 0 radical (unpaired) electrons. The Bertz CT molecular complexity index is 243. The van der Waals surface area contributed by atoms with Crippen LogP contribution in [-0.2, 0) is 6.42 Å². The zero-order valence-corrected chi connectivity index (χ0v) is 10.1. The molecule has 0 saturated carbocycles. The van der Waals surface area contributed by atoms with E-state index in [4.69, 9.17) is 0 Å². The van der Waals surface area contributed by atoms with Crippen LogP contribution in [0.2, 0.25) is 0 Å². The summed E-state index contributed by atoms with van der Waals surface area (Å²) in [5.41, 5.74) is 1.47. The molecule has 0 aliphatic carbocycles. The summed E-state index contributed by atoms with van der Waals surface area (Å²) in [7, 11) is 2.19. The SMILES string of the molecule is CCN(C)CCCCCc1ccccc1. The van der Waals surface area contributed by atoms with E-state index in [-0.39, 0.29) is 0 Å². The highest BCUT2D eigenvalue weighted by Crippen LogP contribution is 2.06. The highest BCUT2D eigenvalue weighted by atomic mass is 15.1. The van der Waals surface area contributed by atoms with Crippen molar-refractivity contribution in [2.24, 2.45) is 0 Å². The fourth-order valence-electron chi connectivity index (χ4n) is 1.69. The highest BCUT2D eigenvalue weighted by molar-refractivity contribution is 5.14. The molecule has 84 valence electrons. The van der Waals surface area contributed by atoms with Gasteiger partial charge in [0, 0.05) is 0 Å². The minimum absolute atomic E-state index is 1.17. The lowest BCUT2D eigenvalue weighted by atomic mass is 10.1. The molecule has 0 saturated heterocycles. The zero-order chi connectivity index (χ0) is 10.9. The van der Waals surface area contributed by atoms with Crippen LogP contribution < -0.4 is 0 Å². The molecule has 0 unspecified atom stereocenters. The van der Waals surface area contributed by atoms with Gasteiger partial charge in [0.05, 0.1) is 0 Å². The predicted molar refractivity (Wildman–Crippen MR) is 67.2 cm³/mol. The third-order valence-corrected chi connectivity index (χ3v) is 2.89. The lowest BCUT2D eigenvalue weighted by molar-refractivity contribution is 0.341. The Morgan fingerprint density at radius 3 is 2.40 bits per heavy atom. The topological polar surface area (TPSA) is 3.24 Å². The van der Waals surface area contributed by atoms with Gasteiger partial charge in [-0.05, 0) is 45.0 Å². The maximum atomic E-state index is 2.38. The van der Waals surface area contributed by atoms with Crippen LogP contribution in [0.25, 0.3) is 0 Å². The summed E-state index contributed by atoms with van der Waals surface area (Å²) in [5, 5.41) is 0. The third kappa shape index (κ3) is 5.58. The molecule has 0 amide bonds. The summed E-state index contributed by atoms with van der Waals surface area (Å²) in [4.78, 5) is 2.38. The van der Waals surface area contributed by atoms with E-state index in [9.17, 15) is 0 Å². The molecule has 0 heterocycles. The van der Waals surface area contributed by atoms with Gasteiger partial charge in [-0.15, -0.1) is 0 Å². The first kappa shape index (κ1) is 12.3. The van der Waals surface area contributed by atoms with E-state index in [0.717, 1.165) is 0 Å². The standard InChI is InChI=1S/C14H23N/c1-3-15(2)13-9-5-8-12-14-10-6-4-7-11-14/h4,6-7,10-11H,3,5,8-9,12-13H2,1-2H3. The number of benzene rings is 1. The van der Waals surface area contributed by atoms with Gasteiger partial charge in [-0.25, -0.2) is 0 Å². The number of rotatable bonds is 7. The number of hydrogen-bond donors (Lipinski definition) is 0. The van der Waals surface area contributed by atoms with Crippen molar-refractivity contribution < 1.29 is 0 Å². The average Bonchev–Trinajstić information content (AvgIpc) is 2.29. The Kier molecular flexibility index (Phi) is 6.10. The van der Waals surface area contributed by atoms with Crippen LogP contribution in [0.5, 0.6) is 0 Å². The second kappa shape index (κ2) is 7.47. The predicted octanol–water partition coefficient (Wildman–Crippen LogP) is 3.35. The van der Waals surface area contributed by atoms with Gasteiger partial charge in [-0.3, -0.25) is 0 Å². The molecule has 1 heteroatoms. The van der Waals surface area contributed by atoms with Crippen LogP contribution in [0, 0.1) is 0 Å². The van der Waals surface area contributed by atoms with Crippen molar-refractivity contribution in [2.45, 2.75) is 32.6 Å². The lowest BCUT2D eigenvalue weighted by Crippen LogP contribution is -2.18.